The summed E-state index contributed by atoms with van der Waals surface area (Å²) in [6, 6.07) is 3.45. The molecule has 0 bridgehead atoms. The molecule has 3 atom stereocenters. The normalized spacial score (nSPS) is 27.8. The van der Waals surface area contributed by atoms with Crippen molar-refractivity contribution >= 4 is 11.7 Å². The van der Waals surface area contributed by atoms with Crippen LogP contribution in [0.4, 0.5) is 5.82 Å². The van der Waals surface area contributed by atoms with Crippen molar-refractivity contribution in [2.24, 2.45) is 11.8 Å². The Morgan fingerprint density at radius 2 is 2.06 bits per heavy atom. The number of nitrogens with two attached hydrogens (primary N) is 1. The van der Waals surface area contributed by atoms with Gasteiger partial charge in [0.2, 0.25) is 0 Å². The lowest BCUT2D eigenvalue weighted by Gasteiger charge is -2.32. The van der Waals surface area contributed by atoms with Gasteiger partial charge in [-0.25, -0.2) is 0 Å². The van der Waals surface area contributed by atoms with Gasteiger partial charge in [-0.2, -0.15) is 0 Å². The van der Waals surface area contributed by atoms with Gasteiger partial charge in [0.15, 0.2) is 5.69 Å². The lowest BCUT2D eigenvalue weighted by atomic mass is 9.79. The standard InChI is InChI=1S/C13H20N4O/c1-8-3-4-10(7-9(8)2)15-13(18)11-5-6-12(14)17-16-11/h5-6,8-10H,3-4,7H2,1-2H3,(H2,14,17)(H,15,18). The molecule has 3 N–H and O–H groups in total. The van der Waals surface area contributed by atoms with E-state index in [-0.39, 0.29) is 11.9 Å². The van der Waals surface area contributed by atoms with Crippen LogP contribution in [0.2, 0.25) is 0 Å². The Hall–Kier alpha value is -1.65. The molecule has 3 unspecified atom stereocenters. The Labute approximate surface area is 107 Å². The van der Waals surface area contributed by atoms with E-state index in [0.717, 1.165) is 18.8 Å². The van der Waals surface area contributed by atoms with Gasteiger partial charge in [0.25, 0.3) is 5.91 Å². The predicted molar refractivity (Wildman–Crippen MR) is 69.9 cm³/mol. The van der Waals surface area contributed by atoms with Crippen LogP contribution in [0.25, 0.3) is 0 Å². The molecule has 0 spiro atoms. The molecule has 0 saturated heterocycles. The molecule has 1 amide bonds. The minimum absolute atomic E-state index is 0.158. The zero-order chi connectivity index (χ0) is 13.1. The van der Waals surface area contributed by atoms with E-state index in [2.05, 4.69) is 29.4 Å². The van der Waals surface area contributed by atoms with Gasteiger partial charge in [0.1, 0.15) is 5.82 Å². The van der Waals surface area contributed by atoms with E-state index in [0.29, 0.717) is 17.4 Å². The van der Waals surface area contributed by atoms with Gasteiger partial charge in [0.05, 0.1) is 0 Å². The van der Waals surface area contributed by atoms with E-state index in [4.69, 9.17) is 5.73 Å². The molecular formula is C13H20N4O. The minimum atomic E-state index is -0.158. The first-order valence-corrected chi connectivity index (χ1v) is 6.46. The lowest BCUT2D eigenvalue weighted by Crippen LogP contribution is -2.40. The minimum Gasteiger partial charge on any atom is -0.382 e. The average Bonchev–Trinajstić information content (AvgIpc) is 2.34. The van der Waals surface area contributed by atoms with E-state index in [1.807, 2.05) is 0 Å². The van der Waals surface area contributed by atoms with Crippen LogP contribution >= 0.6 is 0 Å². The van der Waals surface area contributed by atoms with Crippen LogP contribution in [0.5, 0.6) is 0 Å². The van der Waals surface area contributed by atoms with Crippen LogP contribution in [0, 0.1) is 11.8 Å². The first-order chi connectivity index (χ1) is 8.56. The van der Waals surface area contributed by atoms with E-state index in [9.17, 15) is 4.79 Å². The topological polar surface area (TPSA) is 80.9 Å². The number of nitrogens with zero attached hydrogens (tertiary/aromatic N) is 2. The number of aromatic nitrogens is 2. The molecule has 1 aliphatic rings. The molecule has 1 fully saturated rings. The molecule has 0 aliphatic heterocycles. The van der Waals surface area contributed by atoms with Crippen molar-refractivity contribution in [1.82, 2.24) is 15.5 Å². The maximum atomic E-state index is 12.0. The zero-order valence-corrected chi connectivity index (χ0v) is 10.9. The van der Waals surface area contributed by atoms with Crippen molar-refractivity contribution in [3.8, 4) is 0 Å². The zero-order valence-electron chi connectivity index (χ0n) is 10.9. The first-order valence-electron chi connectivity index (χ1n) is 6.46. The molecule has 0 radical (unpaired) electrons. The van der Waals surface area contributed by atoms with E-state index >= 15 is 0 Å². The summed E-state index contributed by atoms with van der Waals surface area (Å²) in [5.74, 6) is 1.57. The predicted octanol–water partition coefficient (Wildman–Crippen LogP) is 1.61. The Balaban J connectivity index is 1.93. The molecule has 2 rings (SSSR count). The fourth-order valence-electron chi connectivity index (χ4n) is 2.40. The fourth-order valence-corrected chi connectivity index (χ4v) is 2.40. The van der Waals surface area contributed by atoms with Crippen molar-refractivity contribution in [3.05, 3.63) is 17.8 Å². The van der Waals surface area contributed by atoms with Crippen LogP contribution in [0.3, 0.4) is 0 Å². The summed E-state index contributed by atoms with van der Waals surface area (Å²) in [5, 5.41) is 10.5. The third-order valence-corrected chi connectivity index (χ3v) is 3.85. The number of anilines is 1. The lowest BCUT2D eigenvalue weighted by molar-refractivity contribution is 0.0904. The summed E-state index contributed by atoms with van der Waals surface area (Å²) in [4.78, 5) is 12.0. The Morgan fingerprint density at radius 3 is 2.67 bits per heavy atom. The number of hydrogen-bond acceptors (Lipinski definition) is 4. The fraction of sp³-hybridized carbons (Fsp3) is 0.615. The maximum absolute atomic E-state index is 12.0. The largest absolute Gasteiger partial charge is 0.382 e. The molecule has 1 aromatic rings. The van der Waals surface area contributed by atoms with Crippen molar-refractivity contribution in [1.29, 1.82) is 0 Å². The molecule has 18 heavy (non-hydrogen) atoms. The van der Waals surface area contributed by atoms with Crippen LogP contribution < -0.4 is 11.1 Å². The van der Waals surface area contributed by atoms with Crippen molar-refractivity contribution in [3.63, 3.8) is 0 Å². The highest BCUT2D eigenvalue weighted by atomic mass is 16.2. The number of hydrogen-bond donors (Lipinski definition) is 2. The first kappa shape index (κ1) is 12.8. The second-order valence-corrected chi connectivity index (χ2v) is 5.28. The van der Waals surface area contributed by atoms with Crippen LogP contribution in [0.1, 0.15) is 43.6 Å². The average molecular weight is 248 g/mol. The maximum Gasteiger partial charge on any atom is 0.272 e. The van der Waals surface area contributed by atoms with Gasteiger partial charge in [-0.1, -0.05) is 13.8 Å². The Morgan fingerprint density at radius 1 is 1.28 bits per heavy atom. The number of rotatable bonds is 2. The highest BCUT2D eigenvalue weighted by Gasteiger charge is 2.26. The number of amides is 1. The van der Waals surface area contributed by atoms with Crippen LogP contribution in [-0.4, -0.2) is 22.1 Å². The van der Waals surface area contributed by atoms with Crippen molar-refractivity contribution < 1.29 is 4.79 Å². The molecule has 5 nitrogen and oxygen atoms in total. The van der Waals surface area contributed by atoms with E-state index in [1.54, 1.807) is 12.1 Å². The molecule has 1 aromatic heterocycles. The highest BCUT2D eigenvalue weighted by Crippen LogP contribution is 2.29. The summed E-state index contributed by atoms with van der Waals surface area (Å²) >= 11 is 0. The molecular weight excluding hydrogens is 228 g/mol. The van der Waals surface area contributed by atoms with Crippen LogP contribution in [-0.2, 0) is 0 Å². The molecule has 1 heterocycles. The molecule has 98 valence electrons. The quantitative estimate of drug-likeness (QED) is 0.833. The Kier molecular flexibility index (Phi) is 3.79. The third kappa shape index (κ3) is 2.97. The summed E-state index contributed by atoms with van der Waals surface area (Å²) in [7, 11) is 0. The van der Waals surface area contributed by atoms with E-state index < -0.39 is 0 Å². The Bertz CT molecular complexity index is 418. The third-order valence-electron chi connectivity index (χ3n) is 3.85. The molecule has 0 aromatic carbocycles. The summed E-state index contributed by atoms with van der Waals surface area (Å²) < 4.78 is 0. The van der Waals surface area contributed by atoms with Crippen molar-refractivity contribution in [2.75, 3.05) is 5.73 Å². The smallest absolute Gasteiger partial charge is 0.272 e. The number of nitrogens with one attached hydrogen (secondary N) is 1. The SMILES string of the molecule is CC1CCC(NC(=O)c2ccc(N)nn2)CC1C. The highest BCUT2D eigenvalue weighted by molar-refractivity contribution is 5.92. The van der Waals surface area contributed by atoms with Gasteiger partial charge in [-0.15, -0.1) is 10.2 Å². The van der Waals surface area contributed by atoms with Gasteiger partial charge < -0.3 is 11.1 Å². The van der Waals surface area contributed by atoms with Crippen molar-refractivity contribution in [2.45, 2.75) is 39.2 Å². The van der Waals surface area contributed by atoms with Crippen LogP contribution in [0.15, 0.2) is 12.1 Å². The van der Waals surface area contributed by atoms with Gasteiger partial charge in [-0.05, 0) is 43.2 Å². The monoisotopic (exact) mass is 248 g/mol. The summed E-state index contributed by atoms with van der Waals surface area (Å²) in [5.41, 5.74) is 5.77. The number of nitrogen functional groups attached to an aromatic ring is 1. The number of carbonyl (C=O) groups is 1. The van der Waals surface area contributed by atoms with Gasteiger partial charge >= 0.3 is 0 Å². The summed E-state index contributed by atoms with van der Waals surface area (Å²) in [6.45, 7) is 4.51. The number of carbonyl (C=O) groups excluding carboxylic acids is 1. The van der Waals surface area contributed by atoms with E-state index in [1.165, 1.54) is 6.42 Å². The molecule has 5 heteroatoms. The van der Waals surface area contributed by atoms with Gasteiger partial charge in [-0.3, -0.25) is 4.79 Å². The summed E-state index contributed by atoms with van der Waals surface area (Å²) in [6.07, 6.45) is 3.24. The second kappa shape index (κ2) is 5.33. The molecule has 1 aliphatic carbocycles. The molecule has 1 saturated carbocycles. The van der Waals surface area contributed by atoms with Gasteiger partial charge in [0, 0.05) is 6.04 Å². The second-order valence-electron chi connectivity index (χ2n) is 5.28.